The zero-order valence-corrected chi connectivity index (χ0v) is 10.4. The molecule has 0 aliphatic rings. The van der Waals surface area contributed by atoms with Crippen molar-refractivity contribution in [3.63, 3.8) is 0 Å². The van der Waals surface area contributed by atoms with Gasteiger partial charge in [-0.3, -0.25) is 0 Å². The zero-order chi connectivity index (χ0) is 9.42. The number of halogens is 2. The van der Waals surface area contributed by atoms with Crippen molar-refractivity contribution in [2.75, 3.05) is 0 Å². The van der Waals surface area contributed by atoms with Gasteiger partial charge in [0.15, 0.2) is 13.5 Å². The van der Waals surface area contributed by atoms with Crippen LogP contribution in [-0.4, -0.2) is 25.2 Å². The summed E-state index contributed by atoms with van der Waals surface area (Å²) in [6.07, 6.45) is 0. The molecule has 0 aliphatic carbocycles. The first-order valence-electron chi connectivity index (χ1n) is 3.23. The van der Waals surface area contributed by atoms with Crippen LogP contribution < -0.4 is 0 Å². The highest BCUT2D eigenvalue weighted by atomic mass is 79.9. The normalized spacial score (nSPS) is 10.7. The van der Waals surface area contributed by atoms with Crippen molar-refractivity contribution < 1.29 is 0 Å². The van der Waals surface area contributed by atoms with E-state index in [9.17, 15) is 0 Å². The molecule has 8 heteroatoms. The van der Waals surface area contributed by atoms with Gasteiger partial charge in [0.2, 0.25) is 0 Å². The Bertz CT molecular complexity index is 416. The summed E-state index contributed by atoms with van der Waals surface area (Å²) in [6, 6.07) is 0. The van der Waals surface area contributed by atoms with Crippen molar-refractivity contribution in [1.82, 2.24) is 25.2 Å². The molecule has 0 unspecified atom stereocenters. The Hall–Kier alpha value is -0.340. The molecule has 5 nitrogen and oxygen atoms in total. The molecule has 0 saturated heterocycles. The Balaban J connectivity index is 2.57. The van der Waals surface area contributed by atoms with Gasteiger partial charge in [0.05, 0.1) is 0 Å². The maximum absolute atomic E-state index is 3.97. The molecule has 68 valence electrons. The Morgan fingerprint density at radius 2 is 2.00 bits per heavy atom. The van der Waals surface area contributed by atoms with Crippen molar-refractivity contribution in [3.05, 3.63) is 8.52 Å². The van der Waals surface area contributed by atoms with Gasteiger partial charge < -0.3 is 0 Å². The van der Waals surface area contributed by atoms with E-state index in [1.165, 1.54) is 11.3 Å². The molecule has 0 aromatic carbocycles. The minimum atomic E-state index is 0.679. The number of rotatable bonds is 1. The SMILES string of the molecule is Cn1nnc(Br)c1-c1nnc(Br)s1. The van der Waals surface area contributed by atoms with Crippen LogP contribution in [0.25, 0.3) is 10.7 Å². The number of aromatic nitrogens is 5. The number of hydrogen-bond acceptors (Lipinski definition) is 5. The lowest BCUT2D eigenvalue weighted by molar-refractivity contribution is 0.719. The summed E-state index contributed by atoms with van der Waals surface area (Å²) in [5.41, 5.74) is 0.836. The van der Waals surface area contributed by atoms with E-state index in [0.29, 0.717) is 4.60 Å². The lowest BCUT2D eigenvalue weighted by atomic mass is 10.5. The van der Waals surface area contributed by atoms with Gasteiger partial charge >= 0.3 is 0 Å². The minimum Gasteiger partial charge on any atom is -0.244 e. The topological polar surface area (TPSA) is 56.5 Å². The minimum absolute atomic E-state index is 0.679. The number of nitrogens with zero attached hydrogens (tertiary/aromatic N) is 5. The first-order chi connectivity index (χ1) is 6.18. The van der Waals surface area contributed by atoms with Crippen LogP contribution in [0.3, 0.4) is 0 Å². The third-order valence-corrected chi connectivity index (χ3v) is 3.29. The molecule has 2 rings (SSSR count). The summed E-state index contributed by atoms with van der Waals surface area (Å²) in [5.74, 6) is 0. The van der Waals surface area contributed by atoms with E-state index in [-0.39, 0.29) is 0 Å². The van der Waals surface area contributed by atoms with Crippen LogP contribution in [0.5, 0.6) is 0 Å². The molecular formula is C5H3Br2N5S. The van der Waals surface area contributed by atoms with E-state index in [1.807, 2.05) is 7.05 Å². The smallest absolute Gasteiger partial charge is 0.183 e. The van der Waals surface area contributed by atoms with Crippen molar-refractivity contribution in [2.45, 2.75) is 0 Å². The highest BCUT2D eigenvalue weighted by Crippen LogP contribution is 2.29. The van der Waals surface area contributed by atoms with Gasteiger partial charge in [-0.15, -0.1) is 15.3 Å². The Kier molecular flexibility index (Phi) is 2.43. The standard InChI is InChI=1S/C5H3Br2N5S/c1-12-2(3(6)8-11-12)4-9-10-5(7)13-4/h1H3. The second kappa shape index (κ2) is 3.43. The highest BCUT2D eigenvalue weighted by Gasteiger charge is 2.14. The van der Waals surface area contributed by atoms with E-state index in [4.69, 9.17) is 0 Å². The van der Waals surface area contributed by atoms with Crippen LogP contribution in [0.4, 0.5) is 0 Å². The van der Waals surface area contributed by atoms with Crippen LogP contribution in [0.1, 0.15) is 0 Å². The number of hydrogen-bond donors (Lipinski definition) is 0. The lowest BCUT2D eigenvalue weighted by Gasteiger charge is -1.93. The quantitative estimate of drug-likeness (QED) is 0.803. The summed E-state index contributed by atoms with van der Waals surface area (Å²) >= 11 is 7.98. The molecule has 0 amide bonds. The van der Waals surface area contributed by atoms with Crippen molar-refractivity contribution >= 4 is 43.2 Å². The third-order valence-electron chi connectivity index (χ3n) is 1.39. The Morgan fingerprint density at radius 1 is 1.23 bits per heavy atom. The molecule has 0 atom stereocenters. The average Bonchev–Trinajstić information content (AvgIpc) is 2.60. The van der Waals surface area contributed by atoms with Crippen LogP contribution in [0.2, 0.25) is 0 Å². The zero-order valence-electron chi connectivity index (χ0n) is 6.40. The van der Waals surface area contributed by atoms with Gasteiger partial charge in [0, 0.05) is 7.05 Å². The van der Waals surface area contributed by atoms with E-state index >= 15 is 0 Å². The van der Waals surface area contributed by atoms with E-state index < -0.39 is 0 Å². The fourth-order valence-electron chi connectivity index (χ4n) is 0.860. The molecular weight excluding hydrogens is 322 g/mol. The molecule has 0 radical (unpaired) electrons. The van der Waals surface area contributed by atoms with Gasteiger partial charge in [-0.05, 0) is 31.9 Å². The maximum atomic E-state index is 3.97. The van der Waals surface area contributed by atoms with Crippen molar-refractivity contribution in [2.24, 2.45) is 7.05 Å². The third kappa shape index (κ3) is 1.65. The predicted octanol–water partition coefficient (Wildman–Crippen LogP) is 1.86. The molecule has 2 aromatic heterocycles. The van der Waals surface area contributed by atoms with E-state index in [2.05, 4.69) is 52.4 Å². The van der Waals surface area contributed by atoms with Gasteiger partial charge in [0.25, 0.3) is 0 Å². The second-order valence-electron chi connectivity index (χ2n) is 2.21. The predicted molar refractivity (Wildman–Crippen MR) is 55.3 cm³/mol. The average molecular weight is 325 g/mol. The van der Waals surface area contributed by atoms with Gasteiger partial charge in [-0.2, -0.15) is 0 Å². The molecule has 0 bridgehead atoms. The molecule has 2 aromatic rings. The summed E-state index contributed by atoms with van der Waals surface area (Å²) in [4.78, 5) is 0. The highest BCUT2D eigenvalue weighted by molar-refractivity contribution is 9.11. The largest absolute Gasteiger partial charge is 0.244 e. The summed E-state index contributed by atoms with van der Waals surface area (Å²) in [5, 5.41) is 16.3. The number of aryl methyl sites for hydroxylation is 1. The first kappa shape index (κ1) is 9.22. The Morgan fingerprint density at radius 3 is 2.46 bits per heavy atom. The van der Waals surface area contributed by atoms with Gasteiger partial charge in [0.1, 0.15) is 5.69 Å². The van der Waals surface area contributed by atoms with Gasteiger partial charge in [-0.25, -0.2) is 4.68 Å². The monoisotopic (exact) mass is 323 g/mol. The van der Waals surface area contributed by atoms with Crippen LogP contribution in [0.15, 0.2) is 8.52 Å². The molecule has 13 heavy (non-hydrogen) atoms. The first-order valence-corrected chi connectivity index (χ1v) is 5.63. The fraction of sp³-hybridized carbons (Fsp3) is 0.200. The summed E-state index contributed by atoms with van der Waals surface area (Å²) < 4.78 is 3.08. The summed E-state index contributed by atoms with van der Waals surface area (Å²) in [7, 11) is 1.81. The molecule has 0 aliphatic heterocycles. The second-order valence-corrected chi connectivity index (χ2v) is 5.22. The molecule has 0 fully saturated rings. The lowest BCUT2D eigenvalue weighted by Crippen LogP contribution is -1.93. The van der Waals surface area contributed by atoms with Crippen molar-refractivity contribution in [3.8, 4) is 10.7 Å². The van der Waals surface area contributed by atoms with Crippen LogP contribution in [-0.2, 0) is 7.05 Å². The maximum Gasteiger partial charge on any atom is 0.183 e. The molecule has 0 spiro atoms. The molecule has 2 heterocycles. The Labute approximate surface area is 94.4 Å². The van der Waals surface area contributed by atoms with Gasteiger partial charge in [-0.1, -0.05) is 16.6 Å². The molecule has 0 saturated carbocycles. The van der Waals surface area contributed by atoms with Crippen LogP contribution in [0, 0.1) is 0 Å². The van der Waals surface area contributed by atoms with Crippen LogP contribution >= 0.6 is 43.2 Å². The van der Waals surface area contributed by atoms with Crippen molar-refractivity contribution in [1.29, 1.82) is 0 Å². The van der Waals surface area contributed by atoms with E-state index in [0.717, 1.165) is 14.6 Å². The summed E-state index contributed by atoms with van der Waals surface area (Å²) in [6.45, 7) is 0. The molecule has 0 N–H and O–H groups in total. The van der Waals surface area contributed by atoms with E-state index in [1.54, 1.807) is 4.68 Å². The fourth-order valence-corrected chi connectivity index (χ4v) is 2.69.